The van der Waals surface area contributed by atoms with Crippen LogP contribution >= 0.6 is 11.6 Å². The highest BCUT2D eigenvalue weighted by Crippen LogP contribution is 2.27. The van der Waals surface area contributed by atoms with Crippen LogP contribution in [0.25, 0.3) is 10.9 Å². The van der Waals surface area contributed by atoms with Crippen LogP contribution in [0.15, 0.2) is 67.0 Å². The molecule has 0 saturated carbocycles. The van der Waals surface area contributed by atoms with Crippen molar-refractivity contribution < 1.29 is 13.9 Å². The molecule has 0 saturated heterocycles. The third kappa shape index (κ3) is 4.63. The van der Waals surface area contributed by atoms with E-state index in [1.165, 1.54) is 25.6 Å². The molecule has 3 aromatic carbocycles. The van der Waals surface area contributed by atoms with E-state index in [0.717, 1.165) is 22.5 Å². The van der Waals surface area contributed by atoms with Crippen LogP contribution in [-0.4, -0.2) is 23.0 Å². The number of carbonyl (C=O) groups excluding carboxylic acids is 1. The molecule has 6 nitrogen and oxygen atoms in total. The third-order valence-electron chi connectivity index (χ3n) is 5.01. The molecule has 162 valence electrons. The molecule has 2 N–H and O–H groups in total. The van der Waals surface area contributed by atoms with Crippen LogP contribution in [0.1, 0.15) is 28.9 Å². The van der Waals surface area contributed by atoms with Crippen molar-refractivity contribution in [1.29, 1.82) is 0 Å². The van der Waals surface area contributed by atoms with E-state index in [0.29, 0.717) is 16.5 Å². The summed E-state index contributed by atoms with van der Waals surface area (Å²) >= 11 is 6.14. The minimum absolute atomic E-state index is 0.0852. The lowest BCUT2D eigenvalue weighted by molar-refractivity contribution is 0.102. The van der Waals surface area contributed by atoms with E-state index in [2.05, 4.69) is 20.6 Å². The molecule has 0 radical (unpaired) electrons. The van der Waals surface area contributed by atoms with Crippen molar-refractivity contribution in [2.45, 2.75) is 13.0 Å². The van der Waals surface area contributed by atoms with Crippen molar-refractivity contribution in [3.63, 3.8) is 0 Å². The minimum atomic E-state index is -0.594. The number of amides is 1. The minimum Gasteiger partial charge on any atom is -0.494 e. The summed E-state index contributed by atoms with van der Waals surface area (Å²) in [6, 6.07) is 16.8. The Morgan fingerprint density at radius 1 is 1.09 bits per heavy atom. The van der Waals surface area contributed by atoms with Gasteiger partial charge in [-0.15, -0.1) is 0 Å². The number of halogens is 2. The van der Waals surface area contributed by atoms with Crippen LogP contribution in [0.2, 0.25) is 5.02 Å². The van der Waals surface area contributed by atoms with Crippen LogP contribution in [0.4, 0.5) is 15.9 Å². The van der Waals surface area contributed by atoms with Crippen LogP contribution in [0, 0.1) is 5.82 Å². The molecule has 0 aliphatic rings. The lowest BCUT2D eigenvalue weighted by Gasteiger charge is -2.17. The molecule has 4 rings (SSSR count). The summed E-state index contributed by atoms with van der Waals surface area (Å²) in [6.07, 6.45) is 1.50. The topological polar surface area (TPSA) is 76.1 Å². The van der Waals surface area contributed by atoms with Crippen molar-refractivity contribution in [3.05, 3.63) is 89.0 Å². The van der Waals surface area contributed by atoms with E-state index in [1.807, 2.05) is 37.3 Å². The second-order valence-corrected chi connectivity index (χ2v) is 7.62. The van der Waals surface area contributed by atoms with Crippen molar-refractivity contribution in [2.24, 2.45) is 0 Å². The Labute approximate surface area is 189 Å². The average Bonchev–Trinajstić information content (AvgIpc) is 2.79. The van der Waals surface area contributed by atoms with E-state index in [4.69, 9.17) is 16.3 Å². The van der Waals surface area contributed by atoms with Gasteiger partial charge in [0.1, 0.15) is 12.1 Å². The molecular weight excluding hydrogens is 431 g/mol. The molecule has 0 fully saturated rings. The van der Waals surface area contributed by atoms with E-state index in [9.17, 15) is 9.18 Å². The van der Waals surface area contributed by atoms with Gasteiger partial charge in [-0.1, -0.05) is 23.7 Å². The number of nitrogens with one attached hydrogen (secondary N) is 2. The first kappa shape index (κ1) is 21.5. The predicted molar refractivity (Wildman–Crippen MR) is 124 cm³/mol. The Morgan fingerprint density at radius 3 is 2.72 bits per heavy atom. The zero-order chi connectivity index (χ0) is 22.7. The fourth-order valence-electron chi connectivity index (χ4n) is 3.33. The molecule has 32 heavy (non-hydrogen) atoms. The molecule has 0 aliphatic carbocycles. The zero-order valence-electron chi connectivity index (χ0n) is 17.4. The van der Waals surface area contributed by atoms with Gasteiger partial charge in [0.15, 0.2) is 11.6 Å². The van der Waals surface area contributed by atoms with Gasteiger partial charge in [-0.25, -0.2) is 14.4 Å². The maximum Gasteiger partial charge on any atom is 0.255 e. The number of benzene rings is 3. The number of anilines is 2. The Hall–Kier alpha value is -3.71. The first-order valence-electron chi connectivity index (χ1n) is 9.86. The lowest BCUT2D eigenvalue weighted by atomic mass is 10.1. The molecule has 0 bridgehead atoms. The molecule has 8 heteroatoms. The van der Waals surface area contributed by atoms with Gasteiger partial charge in [0, 0.05) is 21.7 Å². The smallest absolute Gasteiger partial charge is 0.255 e. The summed E-state index contributed by atoms with van der Waals surface area (Å²) < 4.78 is 18.8. The van der Waals surface area contributed by atoms with Crippen LogP contribution in [0.3, 0.4) is 0 Å². The summed E-state index contributed by atoms with van der Waals surface area (Å²) in [5.41, 5.74) is 2.50. The predicted octanol–water partition coefficient (Wildman–Crippen LogP) is 5.86. The maximum atomic E-state index is 13.9. The van der Waals surface area contributed by atoms with E-state index >= 15 is 0 Å². The maximum absolute atomic E-state index is 13.9. The van der Waals surface area contributed by atoms with E-state index < -0.39 is 11.7 Å². The summed E-state index contributed by atoms with van der Waals surface area (Å²) in [5.74, 6) is -0.264. The molecular formula is C24H20ClFN4O2. The summed E-state index contributed by atoms with van der Waals surface area (Å²) in [6.45, 7) is 1.98. The number of hydrogen-bond acceptors (Lipinski definition) is 5. The molecule has 1 unspecified atom stereocenters. The highest BCUT2D eigenvalue weighted by Gasteiger charge is 2.13. The van der Waals surface area contributed by atoms with E-state index in [-0.39, 0.29) is 17.4 Å². The monoisotopic (exact) mass is 450 g/mol. The average molecular weight is 451 g/mol. The van der Waals surface area contributed by atoms with Gasteiger partial charge in [-0.05, 0) is 61.0 Å². The van der Waals surface area contributed by atoms with Gasteiger partial charge >= 0.3 is 0 Å². The highest BCUT2D eigenvalue weighted by molar-refractivity contribution is 6.31. The Balaban J connectivity index is 1.52. The Kier molecular flexibility index (Phi) is 6.18. The first-order valence-corrected chi connectivity index (χ1v) is 10.2. The zero-order valence-corrected chi connectivity index (χ0v) is 18.2. The fourth-order valence-corrected chi connectivity index (χ4v) is 3.50. The summed E-state index contributed by atoms with van der Waals surface area (Å²) in [4.78, 5) is 21.2. The van der Waals surface area contributed by atoms with Crippen LogP contribution in [0.5, 0.6) is 5.75 Å². The highest BCUT2D eigenvalue weighted by atomic mass is 35.5. The molecule has 0 spiro atoms. The Bertz CT molecular complexity index is 1300. The SMILES string of the molecule is COc1ccc(C(=O)Nc2cccc(C(C)Nc3ncnc4ccc(Cl)cc34)c2)cc1F. The van der Waals surface area contributed by atoms with Gasteiger partial charge in [0.2, 0.25) is 0 Å². The summed E-state index contributed by atoms with van der Waals surface area (Å²) in [5, 5.41) is 7.59. The number of carbonyl (C=O) groups is 1. The van der Waals surface area contributed by atoms with Crippen molar-refractivity contribution >= 4 is 39.9 Å². The molecule has 1 amide bonds. The number of ether oxygens (including phenoxy) is 1. The normalized spacial score (nSPS) is 11.8. The van der Waals surface area contributed by atoms with Gasteiger partial charge in [0.05, 0.1) is 18.7 Å². The van der Waals surface area contributed by atoms with Gasteiger partial charge in [0.25, 0.3) is 5.91 Å². The standard InChI is InChI=1S/C24H20ClFN4O2/c1-14(29-23-19-12-17(25)7-8-21(19)27-13-28-23)15-4-3-5-18(10-15)30-24(31)16-6-9-22(32-2)20(26)11-16/h3-14H,1-2H3,(H,30,31)(H,27,28,29). The largest absolute Gasteiger partial charge is 0.494 e. The van der Waals surface area contributed by atoms with E-state index in [1.54, 1.807) is 12.1 Å². The number of methoxy groups -OCH3 is 1. The fraction of sp³-hybridized carbons (Fsp3) is 0.125. The number of rotatable bonds is 6. The number of aromatic nitrogens is 2. The number of nitrogens with zero attached hydrogens (tertiary/aromatic N) is 2. The second kappa shape index (κ2) is 9.20. The first-order chi connectivity index (χ1) is 15.4. The third-order valence-corrected chi connectivity index (χ3v) is 5.24. The van der Waals surface area contributed by atoms with Gasteiger partial charge in [-0.2, -0.15) is 0 Å². The molecule has 1 heterocycles. The molecule has 1 aromatic heterocycles. The summed E-state index contributed by atoms with van der Waals surface area (Å²) in [7, 11) is 1.37. The molecule has 1 atom stereocenters. The molecule has 0 aliphatic heterocycles. The van der Waals surface area contributed by atoms with Crippen LogP contribution in [-0.2, 0) is 0 Å². The molecule has 4 aromatic rings. The van der Waals surface area contributed by atoms with Gasteiger partial charge < -0.3 is 15.4 Å². The van der Waals surface area contributed by atoms with Crippen molar-refractivity contribution in [1.82, 2.24) is 9.97 Å². The van der Waals surface area contributed by atoms with Gasteiger partial charge in [-0.3, -0.25) is 4.79 Å². The Morgan fingerprint density at radius 2 is 1.94 bits per heavy atom. The lowest BCUT2D eigenvalue weighted by Crippen LogP contribution is -2.13. The van der Waals surface area contributed by atoms with Crippen molar-refractivity contribution in [2.75, 3.05) is 17.7 Å². The number of hydrogen-bond donors (Lipinski definition) is 2. The van der Waals surface area contributed by atoms with Crippen molar-refractivity contribution in [3.8, 4) is 5.75 Å². The van der Waals surface area contributed by atoms with Crippen LogP contribution < -0.4 is 15.4 Å². The second-order valence-electron chi connectivity index (χ2n) is 7.18. The quantitative estimate of drug-likeness (QED) is 0.385. The number of fused-ring (bicyclic) bond motifs is 1.